The van der Waals surface area contributed by atoms with Crippen molar-refractivity contribution in [2.45, 2.75) is 18.6 Å². The largest absolute Gasteiger partial charge is 0.446 e. The summed E-state index contributed by atoms with van der Waals surface area (Å²) in [6, 6.07) is 7.78. The molecule has 114 valence electrons. The summed E-state index contributed by atoms with van der Waals surface area (Å²) in [5.41, 5.74) is 1.17. The quantitative estimate of drug-likeness (QED) is 0.922. The summed E-state index contributed by atoms with van der Waals surface area (Å²) in [5, 5.41) is 2.87. The van der Waals surface area contributed by atoms with Gasteiger partial charge in [-0.2, -0.15) is 0 Å². The Morgan fingerprint density at radius 3 is 2.57 bits per heavy atom. The molecule has 0 radical (unpaired) electrons. The predicted octanol–water partition coefficient (Wildman–Crippen LogP) is 2.59. The molecule has 0 unspecified atom stereocenters. The van der Waals surface area contributed by atoms with Crippen LogP contribution in [0.5, 0.6) is 0 Å². The van der Waals surface area contributed by atoms with Crippen molar-refractivity contribution < 1.29 is 17.2 Å². The lowest BCUT2D eigenvalue weighted by Gasteiger charge is -2.08. The van der Waals surface area contributed by atoms with E-state index in [1.165, 1.54) is 26.2 Å². The first-order valence-corrected chi connectivity index (χ1v) is 7.76. The highest BCUT2D eigenvalue weighted by Crippen LogP contribution is 2.19. The van der Waals surface area contributed by atoms with E-state index < -0.39 is 10.0 Å². The van der Waals surface area contributed by atoms with Gasteiger partial charge in [0.1, 0.15) is 11.6 Å². The third-order valence-corrected chi connectivity index (χ3v) is 4.70. The Morgan fingerprint density at radius 2 is 1.95 bits per heavy atom. The maximum Gasteiger partial charge on any atom is 0.275 e. The van der Waals surface area contributed by atoms with E-state index in [9.17, 15) is 12.8 Å². The first-order chi connectivity index (χ1) is 9.80. The van der Waals surface area contributed by atoms with Gasteiger partial charge >= 0.3 is 0 Å². The maximum absolute atomic E-state index is 13.4. The third kappa shape index (κ3) is 3.43. The van der Waals surface area contributed by atoms with Crippen LogP contribution in [-0.4, -0.2) is 26.8 Å². The lowest BCUT2D eigenvalue weighted by atomic mass is 10.2. The van der Waals surface area contributed by atoms with Gasteiger partial charge in [0.25, 0.3) is 10.0 Å². The fourth-order valence-corrected chi connectivity index (χ4v) is 2.48. The smallest absolute Gasteiger partial charge is 0.275 e. The van der Waals surface area contributed by atoms with E-state index >= 15 is 0 Å². The molecule has 0 aliphatic heterocycles. The van der Waals surface area contributed by atoms with Crippen LogP contribution in [0.1, 0.15) is 11.3 Å². The van der Waals surface area contributed by atoms with Gasteiger partial charge in [-0.1, -0.05) is 6.07 Å². The maximum atomic E-state index is 13.4. The summed E-state index contributed by atoms with van der Waals surface area (Å²) in [6.07, 6.45) is 0. The number of sulfonamides is 1. The minimum Gasteiger partial charge on any atom is -0.446 e. The second-order valence-corrected chi connectivity index (χ2v) is 6.91. The van der Waals surface area contributed by atoms with Gasteiger partial charge in [0.15, 0.2) is 0 Å². The van der Waals surface area contributed by atoms with E-state index in [0.29, 0.717) is 17.0 Å². The summed E-state index contributed by atoms with van der Waals surface area (Å²) >= 11 is 0. The molecule has 0 saturated heterocycles. The fraction of sp³-hybridized carbons (Fsp3) is 0.286. The van der Waals surface area contributed by atoms with E-state index in [4.69, 9.17) is 4.42 Å². The molecule has 0 fully saturated rings. The summed E-state index contributed by atoms with van der Waals surface area (Å²) < 4.78 is 43.5. The van der Waals surface area contributed by atoms with Crippen LogP contribution in [0.3, 0.4) is 0 Å². The monoisotopic (exact) mass is 312 g/mol. The molecule has 21 heavy (non-hydrogen) atoms. The Balaban J connectivity index is 2.08. The molecular formula is C14H17FN2O3S. The number of benzene rings is 1. The molecule has 1 heterocycles. The molecule has 0 saturated carbocycles. The molecular weight excluding hydrogens is 295 g/mol. The Hall–Kier alpha value is -1.86. The molecule has 0 aliphatic carbocycles. The number of hydrogen-bond acceptors (Lipinski definition) is 4. The molecule has 7 heteroatoms. The first kappa shape index (κ1) is 15.5. The Bertz CT molecular complexity index is 738. The zero-order chi connectivity index (χ0) is 15.6. The number of nitrogens with zero attached hydrogens (tertiary/aromatic N) is 1. The number of hydrogen-bond donors (Lipinski definition) is 1. The van der Waals surface area contributed by atoms with Crippen LogP contribution in [0.2, 0.25) is 0 Å². The van der Waals surface area contributed by atoms with Crippen LogP contribution in [-0.2, 0) is 16.6 Å². The number of halogens is 1. The number of nitrogens with one attached hydrogen (secondary N) is 1. The lowest BCUT2D eigenvalue weighted by Crippen LogP contribution is -2.21. The standard InChI is InChI=1S/C14H17FN2O3S/c1-10-4-5-11(8-13(10)15)16-9-12-6-7-14(20-12)21(18,19)17(2)3/h4-8,16H,9H2,1-3H3. The Morgan fingerprint density at radius 1 is 1.24 bits per heavy atom. The summed E-state index contributed by atoms with van der Waals surface area (Å²) in [7, 11) is -0.702. The van der Waals surface area contributed by atoms with Gasteiger partial charge in [0.2, 0.25) is 5.09 Å². The van der Waals surface area contributed by atoms with Gasteiger partial charge in [-0.15, -0.1) is 0 Å². The summed E-state index contributed by atoms with van der Waals surface area (Å²) in [6.45, 7) is 1.95. The Kier molecular flexibility index (Phi) is 4.34. The van der Waals surface area contributed by atoms with E-state index in [-0.39, 0.29) is 17.5 Å². The molecule has 2 rings (SSSR count). The van der Waals surface area contributed by atoms with Gasteiger partial charge in [-0.25, -0.2) is 17.1 Å². The second kappa shape index (κ2) is 5.87. The number of rotatable bonds is 5. The van der Waals surface area contributed by atoms with Crippen molar-refractivity contribution in [1.82, 2.24) is 4.31 Å². The van der Waals surface area contributed by atoms with E-state index in [2.05, 4.69) is 5.32 Å². The number of anilines is 1. The molecule has 0 aliphatic rings. The number of aryl methyl sites for hydroxylation is 1. The van der Waals surface area contributed by atoms with Crippen molar-refractivity contribution in [3.63, 3.8) is 0 Å². The van der Waals surface area contributed by atoms with Crippen molar-refractivity contribution in [3.8, 4) is 0 Å². The lowest BCUT2D eigenvalue weighted by molar-refractivity contribution is 0.402. The van der Waals surface area contributed by atoms with Crippen molar-refractivity contribution in [3.05, 3.63) is 47.5 Å². The molecule has 2 aromatic rings. The molecule has 0 bridgehead atoms. The van der Waals surface area contributed by atoms with Crippen LogP contribution < -0.4 is 5.32 Å². The molecule has 1 aromatic carbocycles. The average molecular weight is 312 g/mol. The van der Waals surface area contributed by atoms with E-state index in [0.717, 1.165) is 4.31 Å². The molecule has 0 atom stereocenters. The fourth-order valence-electron chi connectivity index (χ4n) is 1.66. The predicted molar refractivity (Wildman–Crippen MR) is 78.0 cm³/mol. The molecule has 1 aromatic heterocycles. The van der Waals surface area contributed by atoms with Gasteiger partial charge in [-0.05, 0) is 36.8 Å². The van der Waals surface area contributed by atoms with Crippen molar-refractivity contribution in [2.24, 2.45) is 0 Å². The number of furan rings is 1. The van der Waals surface area contributed by atoms with Crippen molar-refractivity contribution in [2.75, 3.05) is 19.4 Å². The molecule has 1 N–H and O–H groups in total. The van der Waals surface area contributed by atoms with Crippen LogP contribution in [0, 0.1) is 12.7 Å². The first-order valence-electron chi connectivity index (χ1n) is 6.32. The molecule has 0 amide bonds. The van der Waals surface area contributed by atoms with Crippen LogP contribution in [0.4, 0.5) is 10.1 Å². The SMILES string of the molecule is Cc1ccc(NCc2ccc(S(=O)(=O)N(C)C)o2)cc1F. The van der Waals surface area contributed by atoms with Crippen LogP contribution in [0.25, 0.3) is 0 Å². The minimum atomic E-state index is -3.57. The minimum absolute atomic E-state index is 0.112. The molecule has 5 nitrogen and oxygen atoms in total. The van der Waals surface area contributed by atoms with Crippen molar-refractivity contribution >= 4 is 15.7 Å². The average Bonchev–Trinajstić information content (AvgIpc) is 2.89. The normalized spacial score (nSPS) is 11.9. The zero-order valence-electron chi connectivity index (χ0n) is 12.1. The van der Waals surface area contributed by atoms with Gasteiger partial charge in [0, 0.05) is 19.8 Å². The third-order valence-electron chi connectivity index (χ3n) is 3.01. The van der Waals surface area contributed by atoms with Gasteiger partial charge in [0.05, 0.1) is 6.54 Å². The highest BCUT2D eigenvalue weighted by Gasteiger charge is 2.21. The second-order valence-electron chi connectivity index (χ2n) is 4.83. The summed E-state index contributed by atoms with van der Waals surface area (Å²) in [4.78, 5) is 0. The van der Waals surface area contributed by atoms with E-state index in [1.54, 1.807) is 25.1 Å². The van der Waals surface area contributed by atoms with Crippen LogP contribution in [0.15, 0.2) is 39.8 Å². The van der Waals surface area contributed by atoms with Crippen LogP contribution >= 0.6 is 0 Å². The van der Waals surface area contributed by atoms with Gasteiger partial charge < -0.3 is 9.73 Å². The summed E-state index contributed by atoms with van der Waals surface area (Å²) in [5.74, 6) is 0.159. The topological polar surface area (TPSA) is 62.6 Å². The Labute approximate surface area is 123 Å². The van der Waals surface area contributed by atoms with Crippen molar-refractivity contribution in [1.29, 1.82) is 0 Å². The highest BCUT2D eigenvalue weighted by molar-refractivity contribution is 7.88. The molecule has 0 spiro atoms. The van der Waals surface area contributed by atoms with Gasteiger partial charge in [-0.3, -0.25) is 0 Å². The zero-order valence-corrected chi connectivity index (χ0v) is 12.9. The van der Waals surface area contributed by atoms with E-state index in [1.807, 2.05) is 0 Å². The highest BCUT2D eigenvalue weighted by atomic mass is 32.2.